The van der Waals surface area contributed by atoms with Crippen molar-refractivity contribution in [3.63, 3.8) is 0 Å². The number of nitrogens with zero attached hydrogens (tertiary/aromatic N) is 2. The van der Waals surface area contributed by atoms with E-state index in [-0.39, 0.29) is 56.3 Å². The summed E-state index contributed by atoms with van der Waals surface area (Å²) in [7, 11) is 0. The molecule has 44 heavy (non-hydrogen) atoms. The van der Waals surface area contributed by atoms with E-state index in [0.717, 1.165) is 30.4 Å². The van der Waals surface area contributed by atoms with Gasteiger partial charge in [0.2, 0.25) is 12.7 Å². The molecule has 2 amide bonds. The van der Waals surface area contributed by atoms with Crippen LogP contribution in [0.25, 0.3) is 11.0 Å². The van der Waals surface area contributed by atoms with Crippen molar-refractivity contribution in [3.05, 3.63) is 104 Å². The van der Waals surface area contributed by atoms with Gasteiger partial charge >= 0.3 is 0 Å². The Morgan fingerprint density at radius 1 is 0.932 bits per heavy atom. The van der Waals surface area contributed by atoms with Crippen LogP contribution in [-0.2, 0) is 29.0 Å². The molecular weight excluding hydrogens is 584 g/mol. The number of fused-ring (bicyclic) bond motifs is 2. The maximum atomic E-state index is 14.1. The minimum absolute atomic E-state index is 0.0365. The van der Waals surface area contributed by atoms with Gasteiger partial charge < -0.3 is 28.4 Å². The molecule has 1 unspecified atom stereocenters. The van der Waals surface area contributed by atoms with E-state index in [9.17, 15) is 14.4 Å². The van der Waals surface area contributed by atoms with Crippen LogP contribution in [0.4, 0.5) is 0 Å². The molecule has 228 valence electrons. The van der Waals surface area contributed by atoms with Crippen LogP contribution in [-0.4, -0.2) is 54.2 Å². The minimum atomic E-state index is -0.329. The lowest BCUT2D eigenvalue weighted by Crippen LogP contribution is -2.45. The molecule has 4 aromatic rings. The van der Waals surface area contributed by atoms with Gasteiger partial charge in [0.25, 0.3) is 5.91 Å². The maximum absolute atomic E-state index is 14.1. The van der Waals surface area contributed by atoms with Gasteiger partial charge in [0.05, 0.1) is 29.9 Å². The molecule has 1 aromatic heterocycles. The SMILES string of the molecule is CCc1ccc(C(=O)N(CC(=O)N(Cc2ccc3c(c2)OCO3)Cc2coc3ccc(Cl)cc3c2=O)CC2CCCO2)cc1. The van der Waals surface area contributed by atoms with Crippen LogP contribution in [0.15, 0.2) is 76.1 Å². The first-order chi connectivity index (χ1) is 21.4. The average molecular weight is 617 g/mol. The third-order valence-electron chi connectivity index (χ3n) is 8.00. The second-order valence-corrected chi connectivity index (χ2v) is 11.5. The summed E-state index contributed by atoms with van der Waals surface area (Å²) in [6.07, 6.45) is 3.80. The van der Waals surface area contributed by atoms with Crippen molar-refractivity contribution in [2.24, 2.45) is 0 Å². The summed E-state index contributed by atoms with van der Waals surface area (Å²) < 4.78 is 22.6. The lowest BCUT2D eigenvalue weighted by Gasteiger charge is -2.29. The number of ether oxygens (including phenoxy) is 3. The van der Waals surface area contributed by atoms with Gasteiger partial charge in [-0.05, 0) is 72.9 Å². The Morgan fingerprint density at radius 2 is 1.73 bits per heavy atom. The van der Waals surface area contributed by atoms with Gasteiger partial charge in [-0.2, -0.15) is 0 Å². The molecule has 0 saturated carbocycles. The van der Waals surface area contributed by atoms with E-state index in [2.05, 4.69) is 6.92 Å². The largest absolute Gasteiger partial charge is 0.464 e. The van der Waals surface area contributed by atoms with Crippen molar-refractivity contribution in [1.29, 1.82) is 0 Å². The Balaban J connectivity index is 1.30. The predicted octanol–water partition coefficient (Wildman–Crippen LogP) is 5.59. The fraction of sp³-hybridized carbons (Fsp3) is 0.324. The third-order valence-corrected chi connectivity index (χ3v) is 8.24. The zero-order chi connectivity index (χ0) is 30.6. The Labute approximate surface area is 259 Å². The normalized spacial score (nSPS) is 15.5. The molecular formula is C34H33ClN2O7. The van der Waals surface area contributed by atoms with Gasteiger partial charge in [0, 0.05) is 30.3 Å². The van der Waals surface area contributed by atoms with E-state index in [0.29, 0.717) is 45.2 Å². The summed E-state index contributed by atoms with van der Waals surface area (Å²) in [5, 5.41) is 0.738. The number of hydrogen-bond acceptors (Lipinski definition) is 7. The zero-order valence-corrected chi connectivity index (χ0v) is 25.2. The van der Waals surface area contributed by atoms with Crippen LogP contribution in [0.3, 0.4) is 0 Å². The smallest absolute Gasteiger partial charge is 0.254 e. The maximum Gasteiger partial charge on any atom is 0.254 e. The summed E-state index contributed by atoms with van der Waals surface area (Å²) in [5.41, 5.74) is 2.82. The summed E-state index contributed by atoms with van der Waals surface area (Å²) in [4.78, 5) is 44.4. The van der Waals surface area contributed by atoms with Crippen molar-refractivity contribution in [2.45, 2.75) is 45.4 Å². The van der Waals surface area contributed by atoms with Crippen LogP contribution in [0, 0.1) is 0 Å². The molecule has 2 aliphatic heterocycles. The molecule has 0 bridgehead atoms. The Bertz CT molecular complexity index is 1730. The number of carbonyl (C=O) groups excluding carboxylic acids is 2. The molecule has 2 aliphatic rings. The second-order valence-electron chi connectivity index (χ2n) is 11.0. The minimum Gasteiger partial charge on any atom is -0.464 e. The van der Waals surface area contributed by atoms with Crippen LogP contribution >= 0.6 is 11.6 Å². The van der Waals surface area contributed by atoms with Crippen LogP contribution in [0.1, 0.15) is 46.8 Å². The number of benzene rings is 3. The highest BCUT2D eigenvalue weighted by atomic mass is 35.5. The van der Waals surface area contributed by atoms with Gasteiger partial charge in [0.1, 0.15) is 12.1 Å². The Morgan fingerprint density at radius 3 is 2.50 bits per heavy atom. The monoisotopic (exact) mass is 616 g/mol. The third kappa shape index (κ3) is 6.59. The van der Waals surface area contributed by atoms with Crippen molar-refractivity contribution >= 4 is 34.4 Å². The first-order valence-corrected chi connectivity index (χ1v) is 15.1. The average Bonchev–Trinajstić information content (AvgIpc) is 3.73. The topological polar surface area (TPSA) is 98.5 Å². The molecule has 6 rings (SSSR count). The van der Waals surface area contributed by atoms with Crippen LogP contribution in [0.2, 0.25) is 5.02 Å². The number of halogens is 1. The molecule has 1 saturated heterocycles. The van der Waals surface area contributed by atoms with E-state index in [1.165, 1.54) is 6.26 Å². The van der Waals surface area contributed by atoms with Crippen LogP contribution < -0.4 is 14.9 Å². The predicted molar refractivity (Wildman–Crippen MR) is 165 cm³/mol. The molecule has 0 N–H and O–H groups in total. The lowest BCUT2D eigenvalue weighted by atomic mass is 10.1. The fourth-order valence-corrected chi connectivity index (χ4v) is 5.70. The summed E-state index contributed by atoms with van der Waals surface area (Å²) in [6.45, 7) is 3.03. The number of hydrogen-bond donors (Lipinski definition) is 0. The molecule has 10 heteroatoms. The highest BCUT2D eigenvalue weighted by molar-refractivity contribution is 6.31. The first-order valence-electron chi connectivity index (χ1n) is 14.7. The van der Waals surface area contributed by atoms with Crippen molar-refractivity contribution in [3.8, 4) is 11.5 Å². The number of rotatable bonds is 10. The van der Waals surface area contributed by atoms with E-state index >= 15 is 0 Å². The molecule has 0 spiro atoms. The van der Waals surface area contributed by atoms with Gasteiger partial charge in [0.15, 0.2) is 16.9 Å². The zero-order valence-electron chi connectivity index (χ0n) is 24.4. The van der Waals surface area contributed by atoms with E-state index < -0.39 is 0 Å². The number of aryl methyl sites for hydroxylation is 1. The molecule has 0 aliphatic carbocycles. The molecule has 3 heterocycles. The van der Waals surface area contributed by atoms with Gasteiger partial charge in [-0.3, -0.25) is 14.4 Å². The molecule has 3 aromatic carbocycles. The fourth-order valence-electron chi connectivity index (χ4n) is 5.53. The molecule has 9 nitrogen and oxygen atoms in total. The Kier molecular flexibility index (Phi) is 8.86. The van der Waals surface area contributed by atoms with Crippen molar-refractivity contribution in [1.82, 2.24) is 9.80 Å². The lowest BCUT2D eigenvalue weighted by molar-refractivity contribution is -0.133. The Hall–Kier alpha value is -4.34. The quantitative estimate of drug-likeness (QED) is 0.229. The van der Waals surface area contributed by atoms with Crippen molar-refractivity contribution < 1.29 is 28.2 Å². The summed E-state index contributed by atoms with van der Waals surface area (Å²) in [6, 6.07) is 17.7. The second kappa shape index (κ2) is 13.1. The van der Waals surface area contributed by atoms with E-state index in [4.69, 9.17) is 30.2 Å². The van der Waals surface area contributed by atoms with E-state index in [1.54, 1.807) is 46.2 Å². The summed E-state index contributed by atoms with van der Waals surface area (Å²) >= 11 is 6.16. The van der Waals surface area contributed by atoms with Gasteiger partial charge in [-0.15, -0.1) is 0 Å². The number of amides is 2. The first kappa shape index (κ1) is 29.7. The standard InChI is InChI=1S/C34H33ClN2O7/c1-2-22-5-8-24(9-6-22)34(40)37(18-27-4-3-13-41-27)19-32(38)36(16-23-7-11-30-31(14-23)44-21-43-30)17-25-20-42-29-12-10-26(35)15-28(29)33(25)39/h5-12,14-15,20,27H,2-4,13,16-19,21H2,1H3. The van der Waals surface area contributed by atoms with Gasteiger partial charge in [-0.1, -0.05) is 36.7 Å². The molecule has 1 fully saturated rings. The van der Waals surface area contributed by atoms with E-state index in [1.807, 2.05) is 24.3 Å². The highest BCUT2D eigenvalue weighted by Gasteiger charge is 2.28. The summed E-state index contributed by atoms with van der Waals surface area (Å²) in [5.74, 6) is 0.630. The molecule has 1 atom stereocenters. The number of carbonyl (C=O) groups is 2. The van der Waals surface area contributed by atoms with Crippen LogP contribution in [0.5, 0.6) is 11.5 Å². The van der Waals surface area contributed by atoms with Gasteiger partial charge in [-0.25, -0.2) is 0 Å². The molecule has 0 radical (unpaired) electrons. The van der Waals surface area contributed by atoms with Crippen molar-refractivity contribution in [2.75, 3.05) is 26.5 Å². The highest BCUT2D eigenvalue weighted by Crippen LogP contribution is 2.33.